The molecule has 29 heavy (non-hydrogen) atoms. The van der Waals surface area contributed by atoms with E-state index < -0.39 is 0 Å². The number of nitrogens with one attached hydrogen (secondary N) is 2. The van der Waals surface area contributed by atoms with E-state index >= 15 is 0 Å². The van der Waals surface area contributed by atoms with E-state index in [1.165, 1.54) is 22.4 Å². The van der Waals surface area contributed by atoms with Gasteiger partial charge in [-0.1, -0.05) is 53.7 Å². The molecule has 0 aliphatic heterocycles. The Morgan fingerprint density at radius 3 is 1.72 bits per heavy atom. The number of anilines is 1. The molecule has 5 nitrogen and oxygen atoms in total. The zero-order chi connectivity index (χ0) is 22.5. The third-order valence-electron chi connectivity index (χ3n) is 5.62. The summed E-state index contributed by atoms with van der Waals surface area (Å²) in [6.45, 7) is 23.2. The highest BCUT2D eigenvalue weighted by atomic mass is 15.2. The number of rotatable bonds is 10. The first kappa shape index (κ1) is 25.9. The number of nitrogens with zero attached hydrogens (tertiary/aromatic N) is 1. The highest BCUT2D eigenvalue weighted by Crippen LogP contribution is 2.40. The summed E-state index contributed by atoms with van der Waals surface area (Å²) < 4.78 is 0. The van der Waals surface area contributed by atoms with Gasteiger partial charge in [0.2, 0.25) is 0 Å². The minimum Gasteiger partial charge on any atom is -0.388 e. The van der Waals surface area contributed by atoms with Crippen molar-refractivity contribution in [2.75, 3.05) is 51.6 Å². The van der Waals surface area contributed by atoms with Gasteiger partial charge < -0.3 is 22.1 Å². The van der Waals surface area contributed by atoms with Crippen LogP contribution in [0.15, 0.2) is 12.1 Å². The second-order valence-corrected chi connectivity index (χ2v) is 10.7. The van der Waals surface area contributed by atoms with Gasteiger partial charge in [0.15, 0.2) is 0 Å². The molecule has 1 aromatic carbocycles. The van der Waals surface area contributed by atoms with E-state index in [1.807, 2.05) is 7.05 Å². The molecule has 0 aliphatic rings. The van der Waals surface area contributed by atoms with Gasteiger partial charge in [0.05, 0.1) is 0 Å². The lowest BCUT2D eigenvalue weighted by Crippen LogP contribution is -2.44. The van der Waals surface area contributed by atoms with Crippen molar-refractivity contribution < 1.29 is 0 Å². The van der Waals surface area contributed by atoms with Crippen molar-refractivity contribution in [1.82, 2.24) is 10.2 Å². The fraction of sp³-hybridized carbons (Fsp3) is 0.750. The Bertz CT molecular complexity index is 632. The third-order valence-corrected chi connectivity index (χ3v) is 5.62. The second-order valence-electron chi connectivity index (χ2n) is 10.7. The van der Waals surface area contributed by atoms with Crippen molar-refractivity contribution >= 4 is 5.69 Å². The maximum absolute atomic E-state index is 5.75. The largest absolute Gasteiger partial charge is 0.388 e. The van der Waals surface area contributed by atoms with Gasteiger partial charge in [0, 0.05) is 57.5 Å². The number of benzene rings is 1. The van der Waals surface area contributed by atoms with Gasteiger partial charge in [-0.05, 0) is 41.4 Å². The summed E-state index contributed by atoms with van der Waals surface area (Å²) in [6.07, 6.45) is 0. The van der Waals surface area contributed by atoms with Gasteiger partial charge in [0.25, 0.3) is 0 Å². The first-order chi connectivity index (χ1) is 13.3. The van der Waals surface area contributed by atoms with Gasteiger partial charge in [-0.3, -0.25) is 4.90 Å². The second kappa shape index (κ2) is 10.3. The summed E-state index contributed by atoms with van der Waals surface area (Å²) in [5.74, 6) is 0. The molecule has 0 saturated carbocycles. The summed E-state index contributed by atoms with van der Waals surface area (Å²) in [4.78, 5) is 2.33. The van der Waals surface area contributed by atoms with E-state index in [0.717, 1.165) is 26.2 Å². The molecular weight excluding hydrogens is 358 g/mol. The molecule has 0 fully saturated rings. The molecule has 5 heteroatoms. The lowest BCUT2D eigenvalue weighted by Gasteiger charge is -2.36. The topological polar surface area (TPSA) is 79.3 Å². The Kier molecular flexibility index (Phi) is 9.15. The molecule has 1 aromatic rings. The SMILES string of the molecule is CNc1c(C(C)(C)C)cc(C(C)(C)C)cc1C(C)(C)NCCN(CCN)CCN. The molecule has 0 saturated heterocycles. The van der Waals surface area contributed by atoms with Crippen LogP contribution in [-0.2, 0) is 16.4 Å². The molecule has 0 atom stereocenters. The number of nitrogens with two attached hydrogens (primary N) is 2. The minimum absolute atomic E-state index is 0.0590. The predicted octanol–water partition coefficient (Wildman–Crippen LogP) is 3.37. The Labute approximate surface area is 180 Å². The first-order valence-electron chi connectivity index (χ1n) is 11.0. The lowest BCUT2D eigenvalue weighted by molar-refractivity contribution is 0.270. The quantitative estimate of drug-likeness (QED) is 0.480. The molecule has 0 bridgehead atoms. The van der Waals surface area contributed by atoms with Crippen LogP contribution in [0, 0.1) is 0 Å². The van der Waals surface area contributed by atoms with E-state index in [2.05, 4.69) is 83.1 Å². The molecule has 1 rings (SSSR count). The summed E-state index contributed by atoms with van der Waals surface area (Å²) in [5, 5.41) is 7.30. The van der Waals surface area contributed by atoms with Crippen molar-refractivity contribution in [3.63, 3.8) is 0 Å². The normalized spacial score (nSPS) is 13.2. The molecule has 0 radical (unpaired) electrons. The van der Waals surface area contributed by atoms with Gasteiger partial charge >= 0.3 is 0 Å². The fourth-order valence-electron chi connectivity index (χ4n) is 3.75. The Hall–Kier alpha value is -1.14. The van der Waals surface area contributed by atoms with Crippen LogP contribution in [-0.4, -0.2) is 51.2 Å². The molecule has 0 heterocycles. The summed E-state index contributed by atoms with van der Waals surface area (Å²) in [7, 11) is 2.03. The van der Waals surface area contributed by atoms with Crippen molar-refractivity contribution in [2.45, 2.75) is 71.8 Å². The third kappa shape index (κ3) is 7.25. The highest BCUT2D eigenvalue weighted by molar-refractivity contribution is 5.64. The molecule has 6 N–H and O–H groups in total. The first-order valence-corrected chi connectivity index (χ1v) is 11.0. The average Bonchev–Trinajstić information content (AvgIpc) is 2.59. The molecule has 0 aromatic heterocycles. The van der Waals surface area contributed by atoms with Crippen LogP contribution in [0.25, 0.3) is 0 Å². The zero-order valence-corrected chi connectivity index (χ0v) is 20.5. The molecule has 0 amide bonds. The molecular formula is C24H47N5. The van der Waals surface area contributed by atoms with Crippen LogP contribution in [0.3, 0.4) is 0 Å². The maximum atomic E-state index is 5.75. The van der Waals surface area contributed by atoms with Crippen LogP contribution in [0.2, 0.25) is 0 Å². The van der Waals surface area contributed by atoms with Crippen LogP contribution < -0.4 is 22.1 Å². The maximum Gasteiger partial charge on any atom is 0.0426 e. The van der Waals surface area contributed by atoms with Gasteiger partial charge in [-0.2, -0.15) is 0 Å². The Morgan fingerprint density at radius 1 is 0.793 bits per heavy atom. The Balaban J connectivity index is 3.27. The smallest absolute Gasteiger partial charge is 0.0426 e. The number of hydrogen-bond acceptors (Lipinski definition) is 5. The van der Waals surface area contributed by atoms with E-state index in [-0.39, 0.29) is 16.4 Å². The molecule has 0 unspecified atom stereocenters. The standard InChI is InChI=1S/C24H47N5/c1-22(2,3)18-16-19(23(4,5)6)21(27-9)20(17-18)24(7,8)28-12-15-29(13-10-25)14-11-26/h16-17,27-28H,10-15,25-26H2,1-9H3. The van der Waals surface area contributed by atoms with Crippen molar-refractivity contribution in [3.05, 3.63) is 28.8 Å². The number of hydrogen-bond donors (Lipinski definition) is 4. The zero-order valence-electron chi connectivity index (χ0n) is 20.5. The van der Waals surface area contributed by atoms with Crippen LogP contribution in [0.4, 0.5) is 5.69 Å². The van der Waals surface area contributed by atoms with E-state index in [4.69, 9.17) is 11.5 Å². The van der Waals surface area contributed by atoms with E-state index in [0.29, 0.717) is 13.1 Å². The van der Waals surface area contributed by atoms with Gasteiger partial charge in [-0.25, -0.2) is 0 Å². The molecule has 0 aliphatic carbocycles. The summed E-state index contributed by atoms with van der Waals surface area (Å²) in [5.41, 5.74) is 16.8. The molecule has 0 spiro atoms. The average molecular weight is 406 g/mol. The van der Waals surface area contributed by atoms with Crippen molar-refractivity contribution in [3.8, 4) is 0 Å². The van der Waals surface area contributed by atoms with E-state index in [9.17, 15) is 0 Å². The lowest BCUT2D eigenvalue weighted by atomic mass is 9.75. The monoisotopic (exact) mass is 405 g/mol. The predicted molar refractivity (Wildman–Crippen MR) is 129 cm³/mol. The highest BCUT2D eigenvalue weighted by Gasteiger charge is 2.30. The molecule has 168 valence electrons. The van der Waals surface area contributed by atoms with Crippen molar-refractivity contribution in [2.24, 2.45) is 11.5 Å². The van der Waals surface area contributed by atoms with Gasteiger partial charge in [0.1, 0.15) is 0 Å². The summed E-state index contributed by atoms with van der Waals surface area (Å²) >= 11 is 0. The van der Waals surface area contributed by atoms with Crippen LogP contribution in [0.5, 0.6) is 0 Å². The van der Waals surface area contributed by atoms with Gasteiger partial charge in [-0.15, -0.1) is 0 Å². The minimum atomic E-state index is -0.170. The van der Waals surface area contributed by atoms with Crippen LogP contribution >= 0.6 is 0 Å². The fourth-order valence-corrected chi connectivity index (χ4v) is 3.75. The summed E-state index contributed by atoms with van der Waals surface area (Å²) in [6, 6.07) is 4.77. The Morgan fingerprint density at radius 2 is 1.31 bits per heavy atom. The van der Waals surface area contributed by atoms with Crippen molar-refractivity contribution in [1.29, 1.82) is 0 Å². The van der Waals surface area contributed by atoms with E-state index in [1.54, 1.807) is 0 Å². The van der Waals surface area contributed by atoms with Crippen LogP contribution in [0.1, 0.15) is 72.1 Å².